The number of fused-ring (bicyclic) bond motifs is 1. The number of hydrogen-bond donors (Lipinski definition) is 2. The lowest BCUT2D eigenvalue weighted by Gasteiger charge is -2.34. The number of aromatic carboxylic acids is 1. The second-order valence-corrected chi connectivity index (χ2v) is 10.3. The molecule has 1 aromatic carbocycles. The predicted octanol–water partition coefficient (Wildman–Crippen LogP) is 5.36. The van der Waals surface area contributed by atoms with E-state index in [1.54, 1.807) is 11.8 Å². The molecule has 4 rings (SSSR count). The monoisotopic (exact) mass is 502 g/mol. The minimum Gasteiger partial charge on any atom is -0.486 e. The average Bonchev–Trinajstić information content (AvgIpc) is 3.12. The molecule has 1 saturated heterocycles. The number of carboxylic acids is 1. The fourth-order valence-electron chi connectivity index (χ4n) is 3.90. The minimum absolute atomic E-state index is 0.184. The number of aromatic nitrogens is 2. The maximum atomic E-state index is 14.2. The van der Waals surface area contributed by atoms with Gasteiger partial charge in [-0.1, -0.05) is 0 Å². The molecule has 3 aromatic rings. The largest absolute Gasteiger partial charge is 0.486 e. The Bertz CT molecular complexity index is 1270. The summed E-state index contributed by atoms with van der Waals surface area (Å²) in [6, 6.07) is 4.10. The van der Waals surface area contributed by atoms with E-state index >= 15 is 0 Å². The fraction of sp³-hybridized carbons (Fsp3) is 0.417. The number of piperidine rings is 1. The highest BCUT2D eigenvalue weighted by molar-refractivity contribution is 7.20. The standard InChI is InChI=1S/C24H27FN4O5S/c1-13-18-20(26-12-27-21(18)35-19(13)22(30)31)28-16-8-7-14(25)10-17(16)33-15-6-5-9-29(11-15)23(32)34-24(2,3)4/h7-8,10,12,15H,5-6,9,11H2,1-4H3,(H,30,31)(H,26,27,28)/t15-/m1/s1. The van der Waals surface area contributed by atoms with E-state index in [1.165, 1.54) is 24.5 Å². The van der Waals surface area contributed by atoms with Crippen molar-refractivity contribution in [2.24, 2.45) is 0 Å². The number of ether oxygens (including phenoxy) is 2. The molecule has 9 nitrogen and oxygen atoms in total. The van der Waals surface area contributed by atoms with E-state index in [2.05, 4.69) is 15.3 Å². The van der Waals surface area contributed by atoms with Crippen molar-refractivity contribution in [2.45, 2.75) is 52.2 Å². The number of carbonyl (C=O) groups excluding carboxylic acids is 1. The van der Waals surface area contributed by atoms with Crippen molar-refractivity contribution in [2.75, 3.05) is 18.4 Å². The van der Waals surface area contributed by atoms with E-state index in [0.717, 1.165) is 17.8 Å². The summed E-state index contributed by atoms with van der Waals surface area (Å²) >= 11 is 1.07. The summed E-state index contributed by atoms with van der Waals surface area (Å²) in [5.41, 5.74) is 0.405. The van der Waals surface area contributed by atoms with Crippen molar-refractivity contribution in [3.8, 4) is 5.75 Å². The molecule has 2 N–H and O–H groups in total. The van der Waals surface area contributed by atoms with Gasteiger partial charge in [0.05, 0.1) is 17.6 Å². The van der Waals surface area contributed by atoms with Crippen LogP contribution in [0.15, 0.2) is 24.5 Å². The lowest BCUT2D eigenvalue weighted by molar-refractivity contribution is 0.00780. The molecule has 0 saturated carbocycles. The van der Waals surface area contributed by atoms with Crippen LogP contribution >= 0.6 is 11.3 Å². The van der Waals surface area contributed by atoms with Crippen LogP contribution in [0, 0.1) is 12.7 Å². The molecule has 1 amide bonds. The third-order valence-electron chi connectivity index (χ3n) is 5.44. The number of amides is 1. The van der Waals surface area contributed by atoms with Gasteiger partial charge in [0, 0.05) is 12.6 Å². The zero-order chi connectivity index (χ0) is 25.3. The van der Waals surface area contributed by atoms with E-state index in [4.69, 9.17) is 9.47 Å². The molecule has 186 valence electrons. The molecule has 0 unspecified atom stereocenters. The van der Waals surface area contributed by atoms with Gasteiger partial charge in [0.2, 0.25) is 0 Å². The van der Waals surface area contributed by atoms with Crippen molar-refractivity contribution in [1.82, 2.24) is 14.9 Å². The Hall–Kier alpha value is -3.47. The summed E-state index contributed by atoms with van der Waals surface area (Å²) in [6.07, 6.45) is 1.99. The van der Waals surface area contributed by atoms with Gasteiger partial charge in [-0.05, 0) is 58.2 Å². The molecule has 0 spiro atoms. The molecule has 0 aliphatic carbocycles. The molecule has 1 aliphatic rings. The van der Waals surface area contributed by atoms with Crippen LogP contribution in [0.4, 0.5) is 20.7 Å². The Kier molecular flexibility index (Phi) is 6.79. The van der Waals surface area contributed by atoms with Crippen molar-refractivity contribution >= 4 is 45.1 Å². The van der Waals surface area contributed by atoms with Crippen molar-refractivity contribution in [1.29, 1.82) is 0 Å². The normalized spacial score (nSPS) is 16.3. The number of nitrogens with zero attached hydrogens (tertiary/aromatic N) is 3. The summed E-state index contributed by atoms with van der Waals surface area (Å²) in [7, 11) is 0. The maximum absolute atomic E-state index is 14.2. The SMILES string of the molecule is Cc1c(C(=O)O)sc2ncnc(Nc3ccc(F)cc3O[C@@H]3CCCN(C(=O)OC(C)(C)C)C3)c12. The van der Waals surface area contributed by atoms with Crippen molar-refractivity contribution < 1.29 is 28.6 Å². The third-order valence-corrected chi connectivity index (χ3v) is 6.63. The first-order valence-electron chi connectivity index (χ1n) is 11.2. The van der Waals surface area contributed by atoms with Crippen LogP contribution in [0.3, 0.4) is 0 Å². The second-order valence-electron chi connectivity index (χ2n) is 9.34. The van der Waals surface area contributed by atoms with Crippen LogP contribution in [0.5, 0.6) is 5.75 Å². The van der Waals surface area contributed by atoms with Gasteiger partial charge in [0.15, 0.2) is 0 Å². The van der Waals surface area contributed by atoms with E-state index in [-0.39, 0.29) is 16.7 Å². The third kappa shape index (κ3) is 5.61. The lowest BCUT2D eigenvalue weighted by atomic mass is 10.1. The van der Waals surface area contributed by atoms with E-state index in [9.17, 15) is 19.1 Å². The highest BCUT2D eigenvalue weighted by atomic mass is 32.1. The van der Waals surface area contributed by atoms with E-state index < -0.39 is 23.5 Å². The summed E-state index contributed by atoms with van der Waals surface area (Å²) < 4.78 is 25.8. The summed E-state index contributed by atoms with van der Waals surface area (Å²) in [6.45, 7) is 8.01. The molecule has 0 radical (unpaired) electrons. The Labute approximate surface area is 205 Å². The second kappa shape index (κ2) is 9.65. The number of carboxylic acid groups (broad SMARTS) is 1. The number of rotatable bonds is 5. The molecule has 1 atom stereocenters. The summed E-state index contributed by atoms with van der Waals surface area (Å²) in [4.78, 5) is 34.9. The highest BCUT2D eigenvalue weighted by Crippen LogP contribution is 2.37. The van der Waals surface area contributed by atoms with Crippen LogP contribution in [-0.4, -0.2) is 56.8 Å². The van der Waals surface area contributed by atoms with Gasteiger partial charge < -0.3 is 24.8 Å². The van der Waals surface area contributed by atoms with Gasteiger partial charge in [-0.25, -0.2) is 23.9 Å². The number of anilines is 2. The zero-order valence-electron chi connectivity index (χ0n) is 19.9. The van der Waals surface area contributed by atoms with Crippen LogP contribution in [0.25, 0.3) is 10.2 Å². The molecule has 3 heterocycles. The topological polar surface area (TPSA) is 114 Å². The molecule has 1 aliphatic heterocycles. The molecule has 35 heavy (non-hydrogen) atoms. The van der Waals surface area contributed by atoms with Crippen molar-refractivity contribution in [3.05, 3.63) is 40.8 Å². The predicted molar refractivity (Wildman–Crippen MR) is 130 cm³/mol. The summed E-state index contributed by atoms with van der Waals surface area (Å²) in [5.74, 6) is -0.849. The Balaban J connectivity index is 1.58. The lowest BCUT2D eigenvalue weighted by Crippen LogP contribution is -2.46. The van der Waals surface area contributed by atoms with Gasteiger partial charge in [-0.3, -0.25) is 0 Å². The molecule has 0 bridgehead atoms. The van der Waals surface area contributed by atoms with Crippen LogP contribution in [-0.2, 0) is 4.74 Å². The molecule has 2 aromatic heterocycles. The van der Waals surface area contributed by atoms with Crippen LogP contribution < -0.4 is 10.1 Å². The minimum atomic E-state index is -1.03. The fourth-order valence-corrected chi connectivity index (χ4v) is 4.89. The number of likely N-dealkylation sites (tertiary alicyclic amines) is 1. The average molecular weight is 503 g/mol. The number of halogens is 1. The number of hydrogen-bond acceptors (Lipinski definition) is 8. The molecule has 1 fully saturated rings. The van der Waals surface area contributed by atoms with Crippen LogP contribution in [0.1, 0.15) is 48.8 Å². The quantitative estimate of drug-likeness (QED) is 0.479. The Morgan fingerprint density at radius 2 is 2.06 bits per heavy atom. The maximum Gasteiger partial charge on any atom is 0.410 e. The smallest absolute Gasteiger partial charge is 0.410 e. The molecular weight excluding hydrogens is 475 g/mol. The van der Waals surface area contributed by atoms with Crippen molar-refractivity contribution in [3.63, 3.8) is 0 Å². The van der Waals surface area contributed by atoms with E-state index in [0.29, 0.717) is 46.8 Å². The zero-order valence-corrected chi connectivity index (χ0v) is 20.7. The van der Waals surface area contributed by atoms with Gasteiger partial charge >= 0.3 is 12.1 Å². The first-order valence-corrected chi connectivity index (χ1v) is 12.0. The van der Waals surface area contributed by atoms with Crippen LogP contribution in [0.2, 0.25) is 0 Å². The number of nitrogens with one attached hydrogen (secondary N) is 1. The van der Waals surface area contributed by atoms with Gasteiger partial charge in [0.1, 0.15) is 45.1 Å². The van der Waals surface area contributed by atoms with E-state index in [1.807, 2.05) is 20.8 Å². The number of aryl methyl sites for hydroxylation is 1. The summed E-state index contributed by atoms with van der Waals surface area (Å²) in [5, 5.41) is 13.2. The van der Waals surface area contributed by atoms with Gasteiger partial charge in [-0.2, -0.15) is 0 Å². The highest BCUT2D eigenvalue weighted by Gasteiger charge is 2.29. The first-order chi connectivity index (χ1) is 16.5. The molecular formula is C24H27FN4O5S. The molecule has 11 heteroatoms. The first kappa shape index (κ1) is 24.6. The Morgan fingerprint density at radius 1 is 1.29 bits per heavy atom. The van der Waals surface area contributed by atoms with Gasteiger partial charge in [-0.15, -0.1) is 11.3 Å². The number of benzene rings is 1. The number of carbonyl (C=O) groups is 2. The Morgan fingerprint density at radius 3 is 2.77 bits per heavy atom. The van der Waals surface area contributed by atoms with Gasteiger partial charge in [0.25, 0.3) is 0 Å². The number of thiophene rings is 1.